The second-order valence-corrected chi connectivity index (χ2v) is 9.99. The number of ether oxygens (including phenoxy) is 2. The number of para-hydroxylation sites is 1. The van der Waals surface area contributed by atoms with Crippen LogP contribution in [0.4, 0.5) is 5.13 Å². The summed E-state index contributed by atoms with van der Waals surface area (Å²) in [6.45, 7) is 4.30. The summed E-state index contributed by atoms with van der Waals surface area (Å²) in [5.74, 6) is 1.42. The molecule has 2 aliphatic rings. The molecule has 0 spiro atoms. The summed E-state index contributed by atoms with van der Waals surface area (Å²) in [6.07, 6.45) is 1.72. The second kappa shape index (κ2) is 7.75. The average molecular weight is 464 g/mol. The molecule has 0 saturated carbocycles. The van der Waals surface area contributed by atoms with Gasteiger partial charge in [0.25, 0.3) is 0 Å². The Morgan fingerprint density at radius 2 is 1.93 bits per heavy atom. The number of aromatic nitrogens is 1. The highest BCUT2D eigenvalue weighted by molar-refractivity contribution is 7.22. The molecule has 0 radical (unpaired) electrons. The monoisotopic (exact) mass is 463 g/mol. The molecule has 0 aliphatic carbocycles. The first-order chi connectivity index (χ1) is 14.4. The van der Waals surface area contributed by atoms with E-state index in [4.69, 9.17) is 43.4 Å². The summed E-state index contributed by atoms with van der Waals surface area (Å²) in [7, 11) is 0. The Balaban J connectivity index is 1.27. The average Bonchev–Trinajstić information content (AvgIpc) is 3.20. The van der Waals surface area contributed by atoms with E-state index in [9.17, 15) is 0 Å². The Morgan fingerprint density at radius 1 is 1.17 bits per heavy atom. The van der Waals surface area contributed by atoms with Gasteiger partial charge in [0.15, 0.2) is 22.7 Å². The van der Waals surface area contributed by atoms with E-state index in [-0.39, 0.29) is 6.10 Å². The van der Waals surface area contributed by atoms with Gasteiger partial charge in [-0.1, -0.05) is 46.7 Å². The zero-order chi connectivity index (χ0) is 20.9. The van der Waals surface area contributed by atoms with E-state index in [2.05, 4.69) is 30.0 Å². The Kier molecular flexibility index (Phi) is 5.22. The van der Waals surface area contributed by atoms with Crippen LogP contribution < -0.4 is 20.1 Å². The summed E-state index contributed by atoms with van der Waals surface area (Å²) < 4.78 is 13.4. The summed E-state index contributed by atoms with van der Waals surface area (Å²) in [5.41, 5.74) is 7.38. The molecule has 1 aromatic heterocycles. The maximum Gasteiger partial charge on any atom is 0.186 e. The van der Waals surface area contributed by atoms with Crippen molar-refractivity contribution in [2.75, 3.05) is 24.6 Å². The minimum absolute atomic E-state index is 0.249. The smallest absolute Gasteiger partial charge is 0.186 e. The fraction of sp³-hybridized carbons (Fsp3) is 0.409. The lowest BCUT2D eigenvalue weighted by Gasteiger charge is -2.45. The van der Waals surface area contributed by atoms with Crippen molar-refractivity contribution in [2.45, 2.75) is 31.4 Å². The quantitative estimate of drug-likeness (QED) is 0.564. The van der Waals surface area contributed by atoms with Crippen LogP contribution in [0.25, 0.3) is 10.2 Å². The van der Waals surface area contributed by atoms with Crippen molar-refractivity contribution in [1.82, 2.24) is 4.98 Å². The molecule has 3 aromatic rings. The highest BCUT2D eigenvalue weighted by Gasteiger charge is 2.43. The number of halogens is 2. The van der Waals surface area contributed by atoms with E-state index in [1.54, 1.807) is 23.5 Å². The van der Waals surface area contributed by atoms with Crippen molar-refractivity contribution in [2.24, 2.45) is 11.7 Å². The van der Waals surface area contributed by atoms with Gasteiger partial charge in [-0.05, 0) is 49.9 Å². The molecule has 0 amide bonds. The molecule has 5 nitrogen and oxygen atoms in total. The first-order valence-electron chi connectivity index (χ1n) is 10.1. The minimum atomic E-state index is -0.524. The molecule has 2 unspecified atom stereocenters. The number of nitrogens with two attached hydrogens (primary N) is 1. The molecule has 8 heteroatoms. The first kappa shape index (κ1) is 20.2. The Labute approximate surface area is 189 Å². The van der Waals surface area contributed by atoms with Gasteiger partial charge >= 0.3 is 0 Å². The number of piperidine rings is 1. The van der Waals surface area contributed by atoms with Crippen LogP contribution in [-0.2, 0) is 0 Å². The lowest BCUT2D eigenvalue weighted by molar-refractivity contribution is 0.00943. The van der Waals surface area contributed by atoms with Gasteiger partial charge in [-0.15, -0.1) is 0 Å². The molecular weight excluding hydrogens is 441 g/mol. The standard InChI is InChI=1S/C22H23Cl2N3O2S/c1-22(25,18-12-28-20-16(29-18)7-6-14(23)19(20)24)13-8-10-27(11-9-13)21-26-15-4-2-3-5-17(15)30-21/h2-7,13,18H,8-12,25H2,1H3. The molecule has 3 heterocycles. The first-order valence-corrected chi connectivity index (χ1v) is 11.7. The van der Waals surface area contributed by atoms with Crippen molar-refractivity contribution < 1.29 is 9.47 Å². The highest BCUT2D eigenvalue weighted by atomic mass is 35.5. The summed E-state index contributed by atoms with van der Waals surface area (Å²) in [4.78, 5) is 7.17. The summed E-state index contributed by atoms with van der Waals surface area (Å²) >= 11 is 14.1. The van der Waals surface area contributed by atoms with Crippen LogP contribution in [0, 0.1) is 5.92 Å². The van der Waals surface area contributed by atoms with Crippen molar-refractivity contribution >= 4 is 49.9 Å². The van der Waals surface area contributed by atoms with Crippen LogP contribution >= 0.6 is 34.5 Å². The van der Waals surface area contributed by atoms with E-state index >= 15 is 0 Å². The Hall–Kier alpha value is -1.73. The number of thiazole rings is 1. The van der Waals surface area contributed by atoms with Gasteiger partial charge in [0.2, 0.25) is 0 Å². The van der Waals surface area contributed by atoms with Gasteiger partial charge in [-0.2, -0.15) is 0 Å². The van der Waals surface area contributed by atoms with Gasteiger partial charge in [-0.3, -0.25) is 0 Å². The number of benzene rings is 2. The van der Waals surface area contributed by atoms with E-state index in [0.717, 1.165) is 36.6 Å². The number of anilines is 1. The molecular formula is C22H23Cl2N3O2S. The maximum atomic E-state index is 6.84. The molecule has 0 bridgehead atoms. The van der Waals surface area contributed by atoms with Crippen molar-refractivity contribution in [3.63, 3.8) is 0 Å². The van der Waals surface area contributed by atoms with Gasteiger partial charge < -0.3 is 20.1 Å². The Bertz CT molecular complexity index is 1050. The fourth-order valence-corrected chi connectivity index (χ4v) is 5.72. The highest BCUT2D eigenvalue weighted by Crippen LogP contribution is 2.44. The molecule has 2 aromatic carbocycles. The fourth-order valence-electron chi connectivity index (χ4n) is 4.35. The van der Waals surface area contributed by atoms with Crippen LogP contribution in [-0.4, -0.2) is 36.3 Å². The molecule has 2 N–H and O–H groups in total. The van der Waals surface area contributed by atoms with Crippen molar-refractivity contribution in [3.05, 3.63) is 46.4 Å². The lowest BCUT2D eigenvalue weighted by atomic mass is 9.76. The third kappa shape index (κ3) is 3.50. The largest absolute Gasteiger partial charge is 0.484 e. The zero-order valence-corrected chi connectivity index (χ0v) is 18.9. The van der Waals surface area contributed by atoms with Gasteiger partial charge in [0.05, 0.1) is 20.8 Å². The number of hydrogen-bond donors (Lipinski definition) is 1. The maximum absolute atomic E-state index is 6.84. The molecule has 30 heavy (non-hydrogen) atoms. The minimum Gasteiger partial charge on any atom is -0.484 e. The zero-order valence-electron chi connectivity index (χ0n) is 16.6. The number of nitrogens with zero attached hydrogens (tertiary/aromatic N) is 2. The molecule has 1 fully saturated rings. The number of rotatable bonds is 3. The molecule has 1 saturated heterocycles. The summed E-state index contributed by atoms with van der Waals surface area (Å²) in [6, 6.07) is 11.8. The third-order valence-corrected chi connectivity index (χ3v) is 8.17. The van der Waals surface area contributed by atoms with Crippen LogP contribution in [0.2, 0.25) is 10.0 Å². The predicted molar refractivity (Wildman–Crippen MR) is 124 cm³/mol. The second-order valence-electron chi connectivity index (χ2n) is 8.20. The molecule has 158 valence electrons. The van der Waals surface area contributed by atoms with Crippen LogP contribution in [0.1, 0.15) is 19.8 Å². The number of fused-ring (bicyclic) bond motifs is 2. The third-order valence-electron chi connectivity index (χ3n) is 6.28. The van der Waals surface area contributed by atoms with E-state index in [0.29, 0.717) is 34.1 Å². The SMILES string of the molecule is CC(N)(C1CCN(c2nc3ccccc3s2)CC1)C1COc2c(ccc(Cl)c2Cl)O1. The molecule has 2 aliphatic heterocycles. The predicted octanol–water partition coefficient (Wildman–Crippen LogP) is 5.38. The summed E-state index contributed by atoms with van der Waals surface area (Å²) in [5, 5.41) is 1.93. The Morgan fingerprint density at radius 3 is 2.70 bits per heavy atom. The van der Waals surface area contributed by atoms with E-state index in [1.165, 1.54) is 4.70 Å². The van der Waals surface area contributed by atoms with Crippen LogP contribution in [0.3, 0.4) is 0 Å². The van der Waals surface area contributed by atoms with Gasteiger partial charge in [-0.25, -0.2) is 4.98 Å². The number of hydrogen-bond acceptors (Lipinski definition) is 6. The van der Waals surface area contributed by atoms with E-state index in [1.807, 2.05) is 6.07 Å². The van der Waals surface area contributed by atoms with Crippen molar-refractivity contribution in [3.8, 4) is 11.5 Å². The van der Waals surface area contributed by atoms with Gasteiger partial charge in [0.1, 0.15) is 11.6 Å². The van der Waals surface area contributed by atoms with Crippen LogP contribution in [0.15, 0.2) is 36.4 Å². The lowest BCUT2D eigenvalue weighted by Crippen LogP contribution is -2.61. The van der Waals surface area contributed by atoms with Gasteiger partial charge in [0, 0.05) is 13.1 Å². The molecule has 5 rings (SSSR count). The molecule has 2 atom stereocenters. The normalized spacial score (nSPS) is 21.6. The van der Waals surface area contributed by atoms with Crippen molar-refractivity contribution in [1.29, 1.82) is 0 Å². The topological polar surface area (TPSA) is 60.6 Å². The van der Waals surface area contributed by atoms with E-state index < -0.39 is 5.54 Å². The van der Waals surface area contributed by atoms with Crippen LogP contribution in [0.5, 0.6) is 11.5 Å².